The molecule has 0 aromatic carbocycles. The summed E-state index contributed by atoms with van der Waals surface area (Å²) in [6, 6.07) is 0.103. The zero-order chi connectivity index (χ0) is 10.0. The van der Waals surface area contributed by atoms with Crippen molar-refractivity contribution in [3.8, 4) is 0 Å². The van der Waals surface area contributed by atoms with E-state index in [2.05, 4.69) is 18.9 Å². The molecule has 1 heterocycles. The number of aliphatic carboxylic acids is 1. The SMILES string of the molecule is CC1CN(C(C)C(=O)O)CCN1C. The molecule has 0 aromatic rings. The highest BCUT2D eigenvalue weighted by Gasteiger charge is 2.27. The normalized spacial score (nSPS) is 28.7. The number of likely N-dealkylation sites (N-methyl/N-ethyl adjacent to an activating group) is 1. The van der Waals surface area contributed by atoms with Crippen LogP contribution in [0.4, 0.5) is 0 Å². The minimum absolute atomic E-state index is 0.351. The average molecular weight is 186 g/mol. The monoisotopic (exact) mass is 186 g/mol. The number of carbonyl (C=O) groups is 1. The molecule has 1 N–H and O–H groups in total. The van der Waals surface area contributed by atoms with Crippen molar-refractivity contribution in [2.45, 2.75) is 25.9 Å². The van der Waals surface area contributed by atoms with Crippen molar-refractivity contribution in [2.75, 3.05) is 26.7 Å². The third-order valence-corrected chi connectivity index (χ3v) is 2.90. The fourth-order valence-corrected chi connectivity index (χ4v) is 1.58. The Morgan fingerprint density at radius 3 is 2.62 bits per heavy atom. The lowest BCUT2D eigenvalue weighted by atomic mass is 10.1. The van der Waals surface area contributed by atoms with Crippen LogP contribution >= 0.6 is 0 Å². The van der Waals surface area contributed by atoms with Crippen molar-refractivity contribution in [1.82, 2.24) is 9.80 Å². The van der Waals surface area contributed by atoms with E-state index in [0.717, 1.165) is 19.6 Å². The first kappa shape index (κ1) is 10.5. The maximum atomic E-state index is 10.7. The Morgan fingerprint density at radius 2 is 2.15 bits per heavy atom. The molecule has 0 spiro atoms. The van der Waals surface area contributed by atoms with Crippen LogP contribution < -0.4 is 0 Å². The molecule has 1 aliphatic heterocycles. The van der Waals surface area contributed by atoms with Crippen LogP contribution in [-0.2, 0) is 4.79 Å². The number of carboxylic acids is 1. The smallest absolute Gasteiger partial charge is 0.320 e. The quantitative estimate of drug-likeness (QED) is 0.664. The van der Waals surface area contributed by atoms with Gasteiger partial charge in [-0.15, -0.1) is 0 Å². The van der Waals surface area contributed by atoms with Crippen LogP contribution in [0.1, 0.15) is 13.8 Å². The predicted molar refractivity (Wildman–Crippen MR) is 50.8 cm³/mol. The van der Waals surface area contributed by atoms with Crippen LogP contribution in [0.15, 0.2) is 0 Å². The van der Waals surface area contributed by atoms with Crippen LogP contribution in [0.3, 0.4) is 0 Å². The summed E-state index contributed by atoms with van der Waals surface area (Å²) in [6.07, 6.45) is 0. The van der Waals surface area contributed by atoms with E-state index < -0.39 is 5.97 Å². The Hall–Kier alpha value is -0.610. The molecule has 4 nitrogen and oxygen atoms in total. The van der Waals surface area contributed by atoms with Crippen molar-refractivity contribution in [1.29, 1.82) is 0 Å². The van der Waals surface area contributed by atoms with E-state index in [1.54, 1.807) is 6.92 Å². The van der Waals surface area contributed by atoms with Crippen molar-refractivity contribution >= 4 is 5.97 Å². The average Bonchev–Trinajstić information content (AvgIpc) is 2.08. The van der Waals surface area contributed by atoms with Gasteiger partial charge in [-0.2, -0.15) is 0 Å². The molecule has 1 fully saturated rings. The van der Waals surface area contributed by atoms with Crippen molar-refractivity contribution in [2.24, 2.45) is 0 Å². The lowest BCUT2D eigenvalue weighted by Gasteiger charge is -2.39. The van der Waals surface area contributed by atoms with Crippen LogP contribution in [0.25, 0.3) is 0 Å². The zero-order valence-electron chi connectivity index (χ0n) is 8.53. The number of hydrogen-bond acceptors (Lipinski definition) is 3. The van der Waals surface area contributed by atoms with Gasteiger partial charge in [-0.25, -0.2) is 0 Å². The molecule has 1 rings (SSSR count). The summed E-state index contributed by atoms with van der Waals surface area (Å²) in [5.74, 6) is -0.725. The summed E-state index contributed by atoms with van der Waals surface area (Å²) < 4.78 is 0. The van der Waals surface area contributed by atoms with Crippen LogP contribution in [-0.4, -0.2) is 59.6 Å². The molecule has 0 aliphatic carbocycles. The van der Waals surface area contributed by atoms with Crippen molar-refractivity contribution < 1.29 is 9.90 Å². The minimum atomic E-state index is -0.725. The number of rotatable bonds is 2. The molecule has 2 atom stereocenters. The van der Waals surface area contributed by atoms with Gasteiger partial charge in [-0.1, -0.05) is 0 Å². The lowest BCUT2D eigenvalue weighted by Crippen LogP contribution is -2.54. The fraction of sp³-hybridized carbons (Fsp3) is 0.889. The van der Waals surface area contributed by atoms with E-state index >= 15 is 0 Å². The second-order valence-corrected chi connectivity index (χ2v) is 3.84. The number of piperazine rings is 1. The van der Waals surface area contributed by atoms with Gasteiger partial charge < -0.3 is 10.0 Å². The van der Waals surface area contributed by atoms with Crippen LogP contribution in [0, 0.1) is 0 Å². The number of hydrogen-bond donors (Lipinski definition) is 1. The van der Waals surface area contributed by atoms with Crippen LogP contribution in [0.5, 0.6) is 0 Å². The molecule has 1 saturated heterocycles. The summed E-state index contributed by atoms with van der Waals surface area (Å²) in [6.45, 7) is 6.54. The standard InChI is InChI=1S/C9H18N2O2/c1-7-6-11(5-4-10(7)3)8(2)9(12)13/h7-8H,4-6H2,1-3H3,(H,12,13). The molecule has 0 amide bonds. The second kappa shape index (κ2) is 4.07. The van der Waals surface area contributed by atoms with E-state index in [0.29, 0.717) is 6.04 Å². The zero-order valence-corrected chi connectivity index (χ0v) is 8.53. The Morgan fingerprint density at radius 1 is 1.54 bits per heavy atom. The van der Waals surface area contributed by atoms with Crippen molar-refractivity contribution in [3.05, 3.63) is 0 Å². The molecule has 13 heavy (non-hydrogen) atoms. The maximum Gasteiger partial charge on any atom is 0.320 e. The topological polar surface area (TPSA) is 43.8 Å². The molecular formula is C9H18N2O2. The van der Waals surface area contributed by atoms with Gasteiger partial charge in [0.25, 0.3) is 0 Å². The highest BCUT2D eigenvalue weighted by Crippen LogP contribution is 2.10. The van der Waals surface area contributed by atoms with E-state index in [-0.39, 0.29) is 6.04 Å². The summed E-state index contributed by atoms with van der Waals surface area (Å²) in [7, 11) is 2.08. The first-order valence-corrected chi connectivity index (χ1v) is 4.69. The molecule has 0 aromatic heterocycles. The summed E-state index contributed by atoms with van der Waals surface area (Å²) in [5, 5.41) is 8.83. The van der Waals surface area contributed by atoms with E-state index in [4.69, 9.17) is 5.11 Å². The molecule has 2 unspecified atom stereocenters. The molecule has 0 radical (unpaired) electrons. The Kier molecular flexibility index (Phi) is 3.27. The molecule has 0 saturated carbocycles. The molecule has 0 bridgehead atoms. The van der Waals surface area contributed by atoms with Gasteiger partial charge in [0.1, 0.15) is 6.04 Å². The molecule has 1 aliphatic rings. The number of nitrogens with zero attached hydrogens (tertiary/aromatic N) is 2. The van der Waals surface area contributed by atoms with E-state index in [9.17, 15) is 4.79 Å². The van der Waals surface area contributed by atoms with Crippen molar-refractivity contribution in [3.63, 3.8) is 0 Å². The summed E-state index contributed by atoms with van der Waals surface area (Å²) in [4.78, 5) is 15.0. The van der Waals surface area contributed by atoms with Crippen LogP contribution in [0.2, 0.25) is 0 Å². The predicted octanol–water partition coefficient (Wildman–Crippen LogP) is 0.0954. The maximum absolute atomic E-state index is 10.7. The first-order chi connectivity index (χ1) is 6.02. The Balaban J connectivity index is 2.50. The molecular weight excluding hydrogens is 168 g/mol. The third-order valence-electron chi connectivity index (χ3n) is 2.90. The fourth-order valence-electron chi connectivity index (χ4n) is 1.58. The highest BCUT2D eigenvalue weighted by molar-refractivity contribution is 5.72. The first-order valence-electron chi connectivity index (χ1n) is 4.69. The minimum Gasteiger partial charge on any atom is -0.480 e. The highest BCUT2D eigenvalue weighted by atomic mass is 16.4. The van der Waals surface area contributed by atoms with Gasteiger partial charge in [-0.3, -0.25) is 9.69 Å². The van der Waals surface area contributed by atoms with E-state index in [1.165, 1.54) is 0 Å². The van der Waals surface area contributed by atoms with Gasteiger partial charge in [0.2, 0.25) is 0 Å². The largest absolute Gasteiger partial charge is 0.480 e. The summed E-state index contributed by atoms with van der Waals surface area (Å²) >= 11 is 0. The molecule has 4 heteroatoms. The molecule has 76 valence electrons. The Labute approximate surface area is 79.1 Å². The lowest BCUT2D eigenvalue weighted by molar-refractivity contribution is -0.143. The second-order valence-electron chi connectivity index (χ2n) is 3.84. The van der Waals surface area contributed by atoms with E-state index in [1.807, 2.05) is 4.90 Å². The van der Waals surface area contributed by atoms with Gasteiger partial charge >= 0.3 is 5.97 Å². The van der Waals surface area contributed by atoms with Gasteiger partial charge in [0, 0.05) is 25.7 Å². The third kappa shape index (κ3) is 2.42. The Bertz CT molecular complexity index is 196. The summed E-state index contributed by atoms with van der Waals surface area (Å²) in [5.41, 5.74) is 0. The van der Waals surface area contributed by atoms with Gasteiger partial charge in [0.05, 0.1) is 0 Å². The van der Waals surface area contributed by atoms with Gasteiger partial charge in [-0.05, 0) is 20.9 Å². The van der Waals surface area contributed by atoms with Gasteiger partial charge in [0.15, 0.2) is 0 Å². The number of carboxylic acid groups (broad SMARTS) is 1.